The average Bonchev–Trinajstić information content (AvgIpc) is 3.87. The summed E-state index contributed by atoms with van der Waals surface area (Å²) in [4.78, 5) is 90.4. The zero-order valence-electron chi connectivity index (χ0n) is 32.0. The number of imidazole rings is 1. The van der Waals surface area contributed by atoms with Crippen LogP contribution in [0.25, 0.3) is 11.2 Å². The SMILES string of the molecule is C=CCCC(=O)N(C)C(Cc1cccnc1)C(=O)O[C@H]1[C@@H](O)[C@H](n2cnc3c(N)ncnc32)O[C@H]1COP(=O)(O)O[C@H]1[C@@H](O)[C@H](n2ccc(N)nc2=O)O[C@@H]1COP(=O)(O)O. The number of pyridine rings is 1. The minimum Gasteiger partial charge on any atom is -0.455 e. The normalized spacial score (nSPS) is 25.5. The molecule has 2 aliphatic rings. The number of rotatable bonds is 18. The van der Waals surface area contributed by atoms with Crippen LogP contribution in [0.5, 0.6) is 0 Å². The maximum atomic E-state index is 14.1. The number of hydrogen-bond donors (Lipinski definition) is 7. The molecule has 2 unspecified atom stereocenters. The van der Waals surface area contributed by atoms with Gasteiger partial charge in [-0.05, 0) is 24.1 Å². The standard InChI is InChI=1S/C33H42N10O16P2/c1-3-4-7-22(44)41(2)18(11-17-6-5-9-36-12-17)32(47)58-26-19(56-31(24(26)45)43-16-39-23-28(35)37-15-38-29(23)43)14-55-61(52,53)59-27-20(13-54-60(49,50)51)57-30(25(27)46)42-10-8-21(34)40-33(42)48/h3,5-6,8-10,12,15-16,18-20,24-27,30-31,45-46H,1,4,7,11,13-14H2,2H3,(H,52,53)(H2,34,40,48)(H2,35,37,38)(H2,49,50,51)/t18?,19-,20+,24+,25+,26+,27+,30+,31+/m0/s1. The summed E-state index contributed by atoms with van der Waals surface area (Å²) in [5.74, 6) is -1.65. The number of hydrogen-bond acceptors (Lipinski definition) is 20. The van der Waals surface area contributed by atoms with Gasteiger partial charge in [0.2, 0.25) is 5.91 Å². The third kappa shape index (κ3) is 10.7. The predicted molar refractivity (Wildman–Crippen MR) is 205 cm³/mol. The van der Waals surface area contributed by atoms with Gasteiger partial charge in [-0.3, -0.25) is 32.5 Å². The topological polar surface area (TPSA) is 371 Å². The molecule has 9 N–H and O–H groups in total. The summed E-state index contributed by atoms with van der Waals surface area (Å²) in [5.41, 5.74) is 11.2. The number of aromatic nitrogens is 7. The van der Waals surface area contributed by atoms with Crippen molar-refractivity contribution in [3.63, 3.8) is 0 Å². The molecule has 6 heterocycles. The van der Waals surface area contributed by atoms with Crippen molar-refractivity contribution < 1.29 is 71.4 Å². The average molecular weight is 897 g/mol. The summed E-state index contributed by atoms with van der Waals surface area (Å²) in [6.45, 7) is 1.63. The lowest BCUT2D eigenvalue weighted by Gasteiger charge is -2.29. The van der Waals surface area contributed by atoms with E-state index in [1.54, 1.807) is 12.1 Å². The van der Waals surface area contributed by atoms with Crippen molar-refractivity contribution in [2.24, 2.45) is 0 Å². The van der Waals surface area contributed by atoms with Gasteiger partial charge in [0.05, 0.1) is 19.5 Å². The molecule has 0 bridgehead atoms. The van der Waals surface area contributed by atoms with Crippen LogP contribution < -0.4 is 17.2 Å². The molecule has 0 aromatic carbocycles. The molecule has 26 nitrogen and oxygen atoms in total. The number of phosphoric acid groups is 2. The van der Waals surface area contributed by atoms with Gasteiger partial charge in [0, 0.05) is 38.5 Å². The fourth-order valence-electron chi connectivity index (χ4n) is 6.55. The van der Waals surface area contributed by atoms with Crippen LogP contribution in [0, 0.1) is 0 Å². The van der Waals surface area contributed by atoms with Gasteiger partial charge in [0.15, 0.2) is 30.0 Å². The largest absolute Gasteiger partial charge is 0.472 e. The van der Waals surface area contributed by atoms with Crippen LogP contribution in [0.3, 0.4) is 0 Å². The number of amides is 1. The minimum atomic E-state index is -5.42. The molecule has 2 aliphatic heterocycles. The van der Waals surface area contributed by atoms with E-state index in [0.717, 1.165) is 17.1 Å². The lowest BCUT2D eigenvalue weighted by molar-refractivity contribution is -0.165. The molecule has 4 aromatic heterocycles. The Labute approximate surface area is 344 Å². The monoisotopic (exact) mass is 896 g/mol. The number of fused-ring (bicyclic) bond motifs is 1. The van der Waals surface area contributed by atoms with E-state index in [9.17, 15) is 48.4 Å². The molecule has 6 rings (SSSR count). The molecule has 0 saturated carbocycles. The van der Waals surface area contributed by atoms with E-state index >= 15 is 0 Å². The highest BCUT2D eigenvalue weighted by Crippen LogP contribution is 2.50. The lowest BCUT2D eigenvalue weighted by atomic mass is 10.1. The summed E-state index contributed by atoms with van der Waals surface area (Å²) < 4.78 is 59.6. The Bertz CT molecular complexity index is 2370. The van der Waals surface area contributed by atoms with Gasteiger partial charge >= 0.3 is 27.3 Å². The second kappa shape index (κ2) is 18.9. The van der Waals surface area contributed by atoms with Crippen LogP contribution in [0.2, 0.25) is 0 Å². The molecule has 0 radical (unpaired) electrons. The van der Waals surface area contributed by atoms with Gasteiger partial charge in [-0.2, -0.15) is 4.98 Å². The first-order valence-electron chi connectivity index (χ1n) is 18.1. The Hall–Kier alpha value is -5.08. The van der Waals surface area contributed by atoms with E-state index in [2.05, 4.69) is 36.0 Å². The second-order valence-electron chi connectivity index (χ2n) is 13.7. The fraction of sp³-hybridized carbons (Fsp3) is 0.455. The van der Waals surface area contributed by atoms with E-state index < -0.39 is 102 Å². The number of anilines is 2. The molecular weight excluding hydrogens is 854 g/mol. The first-order valence-corrected chi connectivity index (χ1v) is 21.2. The number of nitrogens with zero attached hydrogens (tertiary/aromatic N) is 8. The number of ether oxygens (including phenoxy) is 3. The Balaban J connectivity index is 1.27. The number of likely N-dealkylation sites (N-methyl/N-ethyl adjacent to an activating group) is 1. The first-order chi connectivity index (χ1) is 28.9. The van der Waals surface area contributed by atoms with E-state index in [1.807, 2.05) is 0 Å². The van der Waals surface area contributed by atoms with Gasteiger partial charge in [0.25, 0.3) is 0 Å². The van der Waals surface area contributed by atoms with Crippen molar-refractivity contribution in [1.82, 2.24) is 39.0 Å². The molecule has 330 valence electrons. The number of allylic oxidation sites excluding steroid dienone is 1. The molecule has 0 spiro atoms. The zero-order valence-corrected chi connectivity index (χ0v) is 33.8. The number of carbonyl (C=O) groups is 2. The molecule has 1 amide bonds. The Kier molecular flexibility index (Phi) is 14.1. The molecule has 61 heavy (non-hydrogen) atoms. The molecule has 0 aliphatic carbocycles. The number of phosphoric ester groups is 2. The maximum absolute atomic E-state index is 14.1. The van der Waals surface area contributed by atoms with Crippen molar-refractivity contribution in [2.75, 3.05) is 31.7 Å². The lowest BCUT2D eigenvalue weighted by Crippen LogP contribution is -2.48. The fourth-order valence-corrected chi connectivity index (χ4v) is 7.86. The van der Waals surface area contributed by atoms with Crippen LogP contribution in [-0.2, 0) is 52.9 Å². The van der Waals surface area contributed by atoms with Crippen molar-refractivity contribution in [3.8, 4) is 0 Å². The molecular formula is C33H42N10O16P2. The summed E-state index contributed by atoms with van der Waals surface area (Å²) in [7, 11) is -9.20. The Morgan fingerprint density at radius 2 is 1.70 bits per heavy atom. The highest BCUT2D eigenvalue weighted by atomic mass is 31.2. The zero-order chi connectivity index (χ0) is 44.2. The summed E-state index contributed by atoms with van der Waals surface area (Å²) in [6, 6.07) is 3.20. The maximum Gasteiger partial charge on any atom is 0.472 e. The number of aliphatic hydroxyl groups is 2. The van der Waals surface area contributed by atoms with Crippen LogP contribution in [-0.4, -0.2) is 139 Å². The predicted octanol–water partition coefficient (Wildman–Crippen LogP) is -1.28. The van der Waals surface area contributed by atoms with E-state index in [-0.39, 0.29) is 35.6 Å². The van der Waals surface area contributed by atoms with Gasteiger partial charge in [-0.25, -0.2) is 33.7 Å². The smallest absolute Gasteiger partial charge is 0.455 e. The third-order valence-electron chi connectivity index (χ3n) is 9.57. The Morgan fingerprint density at radius 1 is 1.02 bits per heavy atom. The van der Waals surface area contributed by atoms with Crippen molar-refractivity contribution in [1.29, 1.82) is 0 Å². The van der Waals surface area contributed by atoms with Crippen LogP contribution in [0.4, 0.5) is 11.6 Å². The summed E-state index contributed by atoms with van der Waals surface area (Å²) >= 11 is 0. The van der Waals surface area contributed by atoms with Crippen LogP contribution in [0.1, 0.15) is 30.9 Å². The van der Waals surface area contributed by atoms with E-state index in [4.69, 9.17) is 34.7 Å². The van der Waals surface area contributed by atoms with Crippen LogP contribution >= 0.6 is 15.6 Å². The van der Waals surface area contributed by atoms with Crippen molar-refractivity contribution in [3.05, 3.63) is 78.1 Å². The minimum absolute atomic E-state index is 0.0103. The molecule has 2 saturated heterocycles. The quantitative estimate of drug-likeness (QED) is 0.0347. The Morgan fingerprint density at radius 3 is 2.38 bits per heavy atom. The molecule has 10 atom stereocenters. The van der Waals surface area contributed by atoms with Gasteiger partial charge in [0.1, 0.15) is 54.2 Å². The third-order valence-corrected chi connectivity index (χ3v) is 11.0. The highest BCUT2D eigenvalue weighted by Gasteiger charge is 2.52. The van der Waals surface area contributed by atoms with Crippen molar-refractivity contribution >= 4 is 50.3 Å². The van der Waals surface area contributed by atoms with E-state index in [0.29, 0.717) is 12.0 Å². The van der Waals surface area contributed by atoms with Crippen LogP contribution in [0.15, 0.2) is 66.9 Å². The number of nitrogen functional groups attached to an aromatic ring is 2. The number of aliphatic hydroxyl groups excluding tert-OH is 2. The number of esters is 1. The summed E-state index contributed by atoms with van der Waals surface area (Å²) in [5, 5.41) is 22.9. The second-order valence-corrected chi connectivity index (χ2v) is 16.3. The number of carbonyl (C=O) groups excluding carboxylic acids is 2. The highest BCUT2D eigenvalue weighted by molar-refractivity contribution is 7.47. The number of nitrogens with two attached hydrogens (primary N) is 2. The van der Waals surface area contributed by atoms with Gasteiger partial charge in [-0.15, -0.1) is 6.58 Å². The first kappa shape index (κ1) is 45.4. The van der Waals surface area contributed by atoms with Crippen molar-refractivity contribution in [2.45, 2.75) is 74.4 Å². The summed E-state index contributed by atoms with van der Waals surface area (Å²) in [6.07, 6.45) is -5.66. The van der Waals surface area contributed by atoms with Gasteiger partial charge < -0.3 is 55.5 Å². The van der Waals surface area contributed by atoms with E-state index in [1.165, 1.54) is 47.4 Å². The molecule has 2 fully saturated rings. The molecule has 4 aromatic rings. The van der Waals surface area contributed by atoms with Gasteiger partial charge in [-0.1, -0.05) is 12.1 Å². The molecule has 28 heteroatoms.